The number of benzene rings is 2. The summed E-state index contributed by atoms with van der Waals surface area (Å²) < 4.78 is 25.4. The van der Waals surface area contributed by atoms with Crippen molar-refractivity contribution < 1.29 is 19.0 Å². The largest absolute Gasteiger partial charge is 0.490 e. The van der Waals surface area contributed by atoms with E-state index in [1.807, 2.05) is 13.8 Å². The first-order valence-corrected chi connectivity index (χ1v) is 10.5. The summed E-state index contributed by atoms with van der Waals surface area (Å²) in [6.07, 6.45) is -0.0607. The second-order valence-electron chi connectivity index (χ2n) is 6.92. The van der Waals surface area contributed by atoms with Crippen molar-refractivity contribution in [1.82, 2.24) is 10.2 Å². The number of aliphatic hydroxyl groups excluding tert-OH is 1. The smallest absolute Gasteiger partial charge is 0.165 e. The van der Waals surface area contributed by atoms with Crippen LogP contribution < -0.4 is 15.2 Å². The molecule has 0 aliphatic heterocycles. The number of hydrogen-bond acceptors (Lipinski definition) is 8. The van der Waals surface area contributed by atoms with E-state index < -0.39 is 11.9 Å². The number of nitrogens with zero attached hydrogens (tertiary/aromatic N) is 3. The van der Waals surface area contributed by atoms with Crippen molar-refractivity contribution >= 4 is 22.9 Å². The first kappa shape index (κ1) is 22.9. The van der Waals surface area contributed by atoms with Crippen LogP contribution in [-0.4, -0.2) is 40.7 Å². The highest BCUT2D eigenvalue weighted by molar-refractivity contribution is 7.18. The molecule has 0 spiro atoms. The molecule has 10 heteroatoms. The normalized spacial score (nSPS) is 11.9. The quantitative estimate of drug-likeness (QED) is 0.519. The van der Waals surface area contributed by atoms with Gasteiger partial charge in [-0.15, -0.1) is 10.2 Å². The molecule has 162 valence electrons. The van der Waals surface area contributed by atoms with Crippen LogP contribution in [0.4, 0.5) is 4.39 Å². The van der Waals surface area contributed by atoms with Crippen LogP contribution in [-0.2, 0) is 0 Å². The molecule has 0 saturated heterocycles. The topological polar surface area (TPSA) is 114 Å². The van der Waals surface area contributed by atoms with Crippen LogP contribution in [0.15, 0.2) is 30.3 Å². The monoisotopic (exact) mass is 462 g/mol. The van der Waals surface area contributed by atoms with Crippen LogP contribution in [0, 0.1) is 17.1 Å². The van der Waals surface area contributed by atoms with Gasteiger partial charge in [0.2, 0.25) is 0 Å². The molecule has 0 bridgehead atoms. The molecule has 3 aromatic rings. The van der Waals surface area contributed by atoms with Crippen molar-refractivity contribution in [2.45, 2.75) is 26.0 Å². The molecule has 7 nitrogen and oxygen atoms in total. The van der Waals surface area contributed by atoms with Crippen molar-refractivity contribution in [2.75, 3.05) is 13.2 Å². The van der Waals surface area contributed by atoms with Gasteiger partial charge in [0.05, 0.1) is 29.3 Å². The SMILES string of the molecule is CC(C)Oc1ccc(-c2nnc(-c3cc(F)c(OC[C@@H](N)CO)cc3Cl)s2)cc1C#N. The summed E-state index contributed by atoms with van der Waals surface area (Å²) in [5.41, 5.74) is 7.00. The van der Waals surface area contributed by atoms with E-state index in [4.69, 9.17) is 31.9 Å². The third-order valence-electron chi connectivity index (χ3n) is 4.07. The molecule has 1 aromatic heterocycles. The summed E-state index contributed by atoms with van der Waals surface area (Å²) in [5.74, 6) is -0.211. The number of hydrogen-bond donors (Lipinski definition) is 2. The highest BCUT2D eigenvalue weighted by Crippen LogP contribution is 2.37. The number of nitrogens with two attached hydrogens (primary N) is 1. The van der Waals surface area contributed by atoms with Crippen molar-refractivity contribution in [2.24, 2.45) is 5.73 Å². The maximum Gasteiger partial charge on any atom is 0.165 e. The molecular weight excluding hydrogens is 443 g/mol. The van der Waals surface area contributed by atoms with E-state index in [0.717, 1.165) is 0 Å². The summed E-state index contributed by atoms with van der Waals surface area (Å²) in [5, 5.41) is 27.8. The Morgan fingerprint density at radius 2 is 1.97 bits per heavy atom. The summed E-state index contributed by atoms with van der Waals surface area (Å²) >= 11 is 7.52. The Kier molecular flexibility index (Phi) is 7.41. The van der Waals surface area contributed by atoms with Gasteiger partial charge in [0.1, 0.15) is 28.4 Å². The van der Waals surface area contributed by atoms with Gasteiger partial charge < -0.3 is 20.3 Å². The summed E-state index contributed by atoms with van der Waals surface area (Å²) in [4.78, 5) is 0. The van der Waals surface area contributed by atoms with E-state index in [1.165, 1.54) is 23.5 Å². The molecule has 3 N–H and O–H groups in total. The molecule has 1 atom stereocenters. The predicted octanol–water partition coefficient (Wildman–Crippen LogP) is 4.02. The Bertz CT molecular complexity index is 1120. The minimum absolute atomic E-state index is 0.0518. The number of ether oxygens (including phenoxy) is 2. The van der Waals surface area contributed by atoms with Crippen molar-refractivity contribution in [3.8, 4) is 38.7 Å². The molecule has 1 heterocycles. The maximum absolute atomic E-state index is 14.5. The maximum atomic E-state index is 14.5. The molecule has 0 aliphatic carbocycles. The van der Waals surface area contributed by atoms with Gasteiger partial charge in [0, 0.05) is 17.2 Å². The minimum Gasteiger partial charge on any atom is -0.490 e. The molecular formula is C21H20ClFN4O3S. The van der Waals surface area contributed by atoms with Crippen molar-refractivity contribution in [1.29, 1.82) is 5.26 Å². The molecule has 0 aliphatic rings. The Morgan fingerprint density at radius 3 is 2.65 bits per heavy atom. The average Bonchev–Trinajstić information content (AvgIpc) is 3.23. The van der Waals surface area contributed by atoms with Gasteiger partial charge in [-0.3, -0.25) is 0 Å². The number of halogens is 2. The third kappa shape index (κ3) is 5.48. The van der Waals surface area contributed by atoms with Gasteiger partial charge in [-0.2, -0.15) is 5.26 Å². The van der Waals surface area contributed by atoms with E-state index in [0.29, 0.717) is 32.5 Å². The zero-order chi connectivity index (χ0) is 22.5. The first-order chi connectivity index (χ1) is 14.8. The lowest BCUT2D eigenvalue weighted by Crippen LogP contribution is -2.31. The van der Waals surface area contributed by atoms with Gasteiger partial charge in [0.25, 0.3) is 0 Å². The van der Waals surface area contributed by atoms with Crippen LogP contribution in [0.3, 0.4) is 0 Å². The average molecular weight is 463 g/mol. The lowest BCUT2D eigenvalue weighted by molar-refractivity contribution is 0.202. The third-order valence-corrected chi connectivity index (χ3v) is 5.39. The predicted molar refractivity (Wildman–Crippen MR) is 117 cm³/mol. The minimum atomic E-state index is -0.636. The van der Waals surface area contributed by atoms with Crippen LogP contribution in [0.25, 0.3) is 21.1 Å². The number of rotatable bonds is 8. The Labute approximate surface area is 187 Å². The van der Waals surface area contributed by atoms with Crippen molar-refractivity contribution in [3.05, 3.63) is 46.7 Å². The molecule has 0 amide bonds. The molecule has 0 radical (unpaired) electrons. The summed E-state index contributed by atoms with van der Waals surface area (Å²) in [6, 6.07) is 9.21. The van der Waals surface area contributed by atoms with Crippen LogP contribution in [0.1, 0.15) is 19.4 Å². The zero-order valence-corrected chi connectivity index (χ0v) is 18.4. The molecule has 0 unspecified atom stereocenters. The van der Waals surface area contributed by atoms with Gasteiger partial charge in [-0.05, 0) is 38.1 Å². The molecule has 0 fully saturated rings. The molecule has 2 aromatic carbocycles. The van der Waals surface area contributed by atoms with Gasteiger partial charge in [-0.1, -0.05) is 22.9 Å². The fraction of sp³-hybridized carbons (Fsp3) is 0.286. The second-order valence-corrected chi connectivity index (χ2v) is 8.30. The van der Waals surface area contributed by atoms with Crippen LogP contribution >= 0.6 is 22.9 Å². The first-order valence-electron chi connectivity index (χ1n) is 9.35. The van der Waals surface area contributed by atoms with E-state index in [-0.39, 0.29) is 30.1 Å². The second kappa shape index (κ2) is 10.0. The molecule has 0 saturated carbocycles. The lowest BCUT2D eigenvalue weighted by atomic mass is 10.1. The molecule has 31 heavy (non-hydrogen) atoms. The van der Waals surface area contributed by atoms with Gasteiger partial charge in [-0.25, -0.2) is 4.39 Å². The fourth-order valence-corrected chi connectivity index (χ4v) is 3.78. The Morgan fingerprint density at radius 1 is 1.23 bits per heavy atom. The zero-order valence-electron chi connectivity index (χ0n) is 16.8. The highest BCUT2D eigenvalue weighted by atomic mass is 35.5. The van der Waals surface area contributed by atoms with E-state index in [9.17, 15) is 9.65 Å². The van der Waals surface area contributed by atoms with E-state index in [2.05, 4.69) is 16.3 Å². The number of nitriles is 1. The number of aromatic nitrogens is 2. The van der Waals surface area contributed by atoms with E-state index >= 15 is 0 Å². The Balaban J connectivity index is 1.87. The standard InChI is InChI=1S/C21H20ClFN4O3S/c1-11(2)30-18-4-3-12(5-13(18)8-24)20-26-27-21(31-20)15-6-17(23)19(7-16(15)22)29-10-14(25)9-28/h3-7,11,14,28H,9-10,25H2,1-2H3/t14-/m0/s1. The lowest BCUT2D eigenvalue weighted by Gasteiger charge is -2.12. The highest BCUT2D eigenvalue weighted by Gasteiger charge is 2.17. The summed E-state index contributed by atoms with van der Waals surface area (Å²) in [6.45, 7) is 3.43. The van der Waals surface area contributed by atoms with Crippen LogP contribution in [0.2, 0.25) is 5.02 Å². The van der Waals surface area contributed by atoms with Gasteiger partial charge >= 0.3 is 0 Å². The molecule has 3 rings (SSSR count). The van der Waals surface area contributed by atoms with E-state index in [1.54, 1.807) is 18.2 Å². The fourth-order valence-electron chi connectivity index (χ4n) is 2.61. The summed E-state index contributed by atoms with van der Waals surface area (Å²) in [7, 11) is 0. The van der Waals surface area contributed by atoms with Gasteiger partial charge in [0.15, 0.2) is 11.6 Å². The number of aliphatic hydroxyl groups is 1. The van der Waals surface area contributed by atoms with Crippen LogP contribution in [0.5, 0.6) is 11.5 Å². The Hall–Kier alpha value is -2.77. The van der Waals surface area contributed by atoms with Crippen molar-refractivity contribution in [3.63, 3.8) is 0 Å².